The Morgan fingerprint density at radius 3 is 2.06 bits per heavy atom. The monoisotopic (exact) mass is 434 g/mol. The van der Waals surface area contributed by atoms with E-state index in [2.05, 4.69) is 6.92 Å². The summed E-state index contributed by atoms with van der Waals surface area (Å²) in [5.41, 5.74) is -1.09. The number of unbranched alkanes of at least 4 members (excludes halogenated alkanes) is 1. The van der Waals surface area contributed by atoms with Gasteiger partial charge in [-0.3, -0.25) is 9.59 Å². The number of ether oxygens (including phenoxy) is 3. The maximum Gasteiger partial charge on any atom is 0.338 e. The highest BCUT2D eigenvalue weighted by atomic mass is 16.6. The summed E-state index contributed by atoms with van der Waals surface area (Å²) in [5, 5.41) is 0. The Kier molecular flexibility index (Phi) is 10.7. The third-order valence-electron chi connectivity index (χ3n) is 5.06. The van der Waals surface area contributed by atoms with Crippen LogP contribution in [-0.4, -0.2) is 37.7 Å². The molecule has 31 heavy (non-hydrogen) atoms. The molecule has 0 aliphatic heterocycles. The zero-order chi connectivity index (χ0) is 23.5. The Hall–Kier alpha value is -2.37. The maximum atomic E-state index is 12.6. The van der Waals surface area contributed by atoms with Crippen molar-refractivity contribution in [1.29, 1.82) is 0 Å². The van der Waals surface area contributed by atoms with Gasteiger partial charge >= 0.3 is 17.9 Å². The Morgan fingerprint density at radius 2 is 1.48 bits per heavy atom. The van der Waals surface area contributed by atoms with E-state index in [9.17, 15) is 14.4 Å². The number of esters is 3. The molecule has 0 saturated heterocycles. The lowest BCUT2D eigenvalue weighted by atomic mass is 9.93. The van der Waals surface area contributed by atoms with Gasteiger partial charge in [-0.05, 0) is 38.8 Å². The molecule has 1 aromatic carbocycles. The number of hydrogen-bond acceptors (Lipinski definition) is 6. The Balaban J connectivity index is 2.48. The van der Waals surface area contributed by atoms with Crippen molar-refractivity contribution in [3.05, 3.63) is 35.9 Å². The SMILES string of the molecule is CCCC[C@@H](CC)C(=O)OCC(C)(C)COC(=O)C(C)(C)COC(=O)c1ccccc1. The van der Waals surface area contributed by atoms with Crippen LogP contribution in [0.1, 0.15) is 77.6 Å². The Labute approximate surface area is 186 Å². The molecule has 6 nitrogen and oxygen atoms in total. The van der Waals surface area contributed by atoms with Gasteiger partial charge in [0.2, 0.25) is 0 Å². The molecule has 0 unspecified atom stereocenters. The van der Waals surface area contributed by atoms with E-state index in [-0.39, 0.29) is 31.7 Å². The minimum absolute atomic E-state index is 0.0865. The van der Waals surface area contributed by atoms with Crippen molar-refractivity contribution in [3.8, 4) is 0 Å². The van der Waals surface area contributed by atoms with Crippen LogP contribution in [0.25, 0.3) is 0 Å². The lowest BCUT2D eigenvalue weighted by Crippen LogP contribution is -2.36. The van der Waals surface area contributed by atoms with Crippen molar-refractivity contribution in [2.24, 2.45) is 16.7 Å². The summed E-state index contributed by atoms with van der Waals surface area (Å²) in [4.78, 5) is 37.0. The van der Waals surface area contributed by atoms with Crippen molar-refractivity contribution in [3.63, 3.8) is 0 Å². The molecule has 0 fully saturated rings. The highest BCUT2D eigenvalue weighted by Crippen LogP contribution is 2.23. The summed E-state index contributed by atoms with van der Waals surface area (Å²) >= 11 is 0. The van der Waals surface area contributed by atoms with E-state index in [0.717, 1.165) is 25.7 Å². The van der Waals surface area contributed by atoms with Crippen LogP contribution in [0, 0.1) is 16.7 Å². The Morgan fingerprint density at radius 1 is 0.871 bits per heavy atom. The number of carbonyl (C=O) groups excluding carboxylic acids is 3. The lowest BCUT2D eigenvalue weighted by Gasteiger charge is -2.28. The van der Waals surface area contributed by atoms with E-state index in [0.29, 0.717) is 5.56 Å². The predicted octanol–water partition coefficient (Wildman–Crippen LogP) is 5.20. The number of carbonyl (C=O) groups is 3. The summed E-state index contributed by atoms with van der Waals surface area (Å²) in [6.45, 7) is 11.4. The fraction of sp³-hybridized carbons (Fsp3) is 0.640. The van der Waals surface area contributed by atoms with Crippen molar-refractivity contribution >= 4 is 17.9 Å². The van der Waals surface area contributed by atoms with Crippen molar-refractivity contribution in [1.82, 2.24) is 0 Å². The Bertz CT molecular complexity index is 708. The first-order chi connectivity index (χ1) is 14.5. The largest absolute Gasteiger partial charge is 0.465 e. The number of rotatable bonds is 13. The minimum atomic E-state index is -0.995. The molecule has 0 spiro atoms. The standard InChI is InChI=1S/C25H38O6/c1-7-9-13-19(8-2)21(26)29-16-24(3,4)17-31-23(28)25(5,6)18-30-22(27)20-14-11-10-12-15-20/h10-12,14-15,19H,7-9,13,16-18H2,1-6H3/t19-/m1/s1. The van der Waals surface area contributed by atoms with Gasteiger partial charge in [-0.2, -0.15) is 0 Å². The minimum Gasteiger partial charge on any atom is -0.465 e. The normalized spacial score (nSPS) is 12.7. The van der Waals surface area contributed by atoms with E-state index >= 15 is 0 Å². The van der Waals surface area contributed by atoms with Crippen LogP contribution in [0.3, 0.4) is 0 Å². The van der Waals surface area contributed by atoms with Crippen LogP contribution in [-0.2, 0) is 23.8 Å². The lowest BCUT2D eigenvalue weighted by molar-refractivity contribution is -0.162. The van der Waals surface area contributed by atoms with Gasteiger partial charge in [-0.1, -0.05) is 58.7 Å². The molecule has 0 saturated carbocycles. The van der Waals surface area contributed by atoms with Crippen molar-refractivity contribution in [2.75, 3.05) is 19.8 Å². The molecule has 0 radical (unpaired) electrons. The van der Waals surface area contributed by atoms with Gasteiger partial charge in [-0.25, -0.2) is 4.79 Å². The molecule has 0 N–H and O–H groups in total. The molecule has 0 amide bonds. The molecule has 1 aromatic rings. The summed E-state index contributed by atoms with van der Waals surface area (Å²) in [6.07, 6.45) is 3.63. The van der Waals surface area contributed by atoms with Crippen LogP contribution >= 0.6 is 0 Å². The molecule has 0 aliphatic carbocycles. The zero-order valence-electron chi connectivity index (χ0n) is 19.9. The molecule has 0 bridgehead atoms. The van der Waals surface area contributed by atoms with Gasteiger partial charge in [0.15, 0.2) is 0 Å². The second-order valence-electron chi connectivity index (χ2n) is 9.42. The molecular weight excluding hydrogens is 396 g/mol. The fourth-order valence-corrected chi connectivity index (χ4v) is 2.78. The van der Waals surface area contributed by atoms with Gasteiger partial charge in [0, 0.05) is 5.41 Å². The first-order valence-electron chi connectivity index (χ1n) is 11.1. The van der Waals surface area contributed by atoms with Crippen LogP contribution in [0.2, 0.25) is 0 Å². The number of hydrogen-bond donors (Lipinski definition) is 0. The number of benzene rings is 1. The first kappa shape index (κ1) is 26.7. The van der Waals surface area contributed by atoms with Crippen LogP contribution in [0.4, 0.5) is 0 Å². The summed E-state index contributed by atoms with van der Waals surface area (Å²) in [7, 11) is 0. The first-order valence-corrected chi connectivity index (χ1v) is 11.1. The van der Waals surface area contributed by atoms with Gasteiger partial charge < -0.3 is 14.2 Å². The van der Waals surface area contributed by atoms with Crippen LogP contribution in [0.15, 0.2) is 30.3 Å². The molecule has 0 aliphatic rings. The second-order valence-corrected chi connectivity index (χ2v) is 9.42. The molecule has 0 aromatic heterocycles. The van der Waals surface area contributed by atoms with E-state index in [1.807, 2.05) is 26.8 Å². The molecule has 0 heterocycles. The topological polar surface area (TPSA) is 78.9 Å². The smallest absolute Gasteiger partial charge is 0.338 e. The molecule has 1 atom stereocenters. The third kappa shape index (κ3) is 9.53. The predicted molar refractivity (Wildman–Crippen MR) is 120 cm³/mol. The third-order valence-corrected chi connectivity index (χ3v) is 5.06. The summed E-state index contributed by atoms with van der Waals surface area (Å²) in [6, 6.07) is 8.62. The summed E-state index contributed by atoms with van der Waals surface area (Å²) < 4.78 is 16.3. The second kappa shape index (κ2) is 12.5. The molecule has 1 rings (SSSR count). The highest BCUT2D eigenvalue weighted by molar-refractivity contribution is 5.89. The van der Waals surface area contributed by atoms with E-state index in [1.54, 1.807) is 38.1 Å². The van der Waals surface area contributed by atoms with Crippen LogP contribution in [0.5, 0.6) is 0 Å². The quantitative estimate of drug-likeness (QED) is 0.314. The van der Waals surface area contributed by atoms with E-state index in [4.69, 9.17) is 14.2 Å². The molecular formula is C25H38O6. The van der Waals surface area contributed by atoms with Gasteiger partial charge in [0.25, 0.3) is 0 Å². The highest BCUT2D eigenvalue weighted by Gasteiger charge is 2.33. The van der Waals surface area contributed by atoms with E-state index in [1.165, 1.54) is 0 Å². The fourth-order valence-electron chi connectivity index (χ4n) is 2.78. The summed E-state index contributed by atoms with van der Waals surface area (Å²) in [5.74, 6) is -1.23. The van der Waals surface area contributed by atoms with Crippen LogP contribution < -0.4 is 0 Å². The van der Waals surface area contributed by atoms with Gasteiger partial charge in [0.1, 0.15) is 6.61 Å². The van der Waals surface area contributed by atoms with Gasteiger partial charge in [0.05, 0.1) is 30.1 Å². The van der Waals surface area contributed by atoms with Crippen molar-refractivity contribution in [2.45, 2.75) is 67.2 Å². The molecule has 6 heteroatoms. The average molecular weight is 435 g/mol. The van der Waals surface area contributed by atoms with E-state index < -0.39 is 22.8 Å². The zero-order valence-corrected chi connectivity index (χ0v) is 19.9. The molecule has 174 valence electrons. The van der Waals surface area contributed by atoms with Crippen molar-refractivity contribution < 1.29 is 28.6 Å². The maximum absolute atomic E-state index is 12.6. The van der Waals surface area contributed by atoms with Gasteiger partial charge in [-0.15, -0.1) is 0 Å². The average Bonchev–Trinajstić information content (AvgIpc) is 2.75.